The van der Waals surface area contributed by atoms with Crippen molar-refractivity contribution < 1.29 is 24.5 Å². The van der Waals surface area contributed by atoms with Crippen molar-refractivity contribution in [2.45, 2.75) is 296 Å². The van der Waals surface area contributed by atoms with E-state index in [0.717, 1.165) is 77.0 Å². The van der Waals surface area contributed by atoms with Crippen LogP contribution in [-0.4, -0.2) is 47.4 Å². The van der Waals surface area contributed by atoms with Gasteiger partial charge in [0.1, 0.15) is 0 Å². The molecule has 3 N–H and O–H groups in total. The third kappa shape index (κ3) is 47.6. The fraction of sp³-hybridized carbons (Fsp3) is 0.857. The maximum absolute atomic E-state index is 12.4. The van der Waals surface area contributed by atoms with E-state index in [1.54, 1.807) is 6.08 Å². The summed E-state index contributed by atoms with van der Waals surface area (Å²) in [6.45, 7) is 4.85. The monoisotopic (exact) mass is 872 g/mol. The van der Waals surface area contributed by atoms with Crippen molar-refractivity contribution in [2.75, 3.05) is 13.2 Å². The van der Waals surface area contributed by atoms with Gasteiger partial charge in [-0.15, -0.1) is 0 Å². The van der Waals surface area contributed by atoms with Crippen LogP contribution in [0.15, 0.2) is 36.5 Å². The molecule has 0 aromatic carbocycles. The summed E-state index contributed by atoms with van der Waals surface area (Å²) in [5, 5.41) is 23.1. The van der Waals surface area contributed by atoms with Gasteiger partial charge in [0.15, 0.2) is 0 Å². The number of aliphatic hydroxyl groups is 2. The molecule has 0 saturated heterocycles. The quantitative estimate of drug-likeness (QED) is 0.0245. The molecule has 2 atom stereocenters. The summed E-state index contributed by atoms with van der Waals surface area (Å²) >= 11 is 0. The van der Waals surface area contributed by atoms with Crippen LogP contribution in [0.4, 0.5) is 0 Å². The van der Waals surface area contributed by atoms with Crippen LogP contribution in [0, 0.1) is 0 Å². The number of hydrogen-bond donors (Lipinski definition) is 3. The number of allylic oxidation sites excluding steroid dienone is 5. The number of unbranched alkanes of at least 4 members (excludes halogenated alkanes) is 36. The van der Waals surface area contributed by atoms with Crippen molar-refractivity contribution in [1.29, 1.82) is 0 Å². The molecule has 0 saturated carbocycles. The number of carbonyl (C=O) groups excluding carboxylic acids is 2. The van der Waals surface area contributed by atoms with Gasteiger partial charge in [0, 0.05) is 12.8 Å². The number of nitrogens with one attached hydrogen (secondary N) is 1. The normalized spacial score (nSPS) is 12.9. The molecule has 6 nitrogen and oxygen atoms in total. The summed E-state index contributed by atoms with van der Waals surface area (Å²) in [7, 11) is 0. The lowest BCUT2D eigenvalue weighted by atomic mass is 10.0. The molecule has 0 aliphatic rings. The number of rotatable bonds is 50. The highest BCUT2D eigenvalue weighted by molar-refractivity contribution is 5.76. The van der Waals surface area contributed by atoms with Gasteiger partial charge in [-0.05, 0) is 64.2 Å². The lowest BCUT2D eigenvalue weighted by Gasteiger charge is -2.20. The third-order valence-corrected chi connectivity index (χ3v) is 12.4. The van der Waals surface area contributed by atoms with Crippen molar-refractivity contribution >= 4 is 11.9 Å². The maximum atomic E-state index is 12.4. The van der Waals surface area contributed by atoms with Crippen LogP contribution in [0.5, 0.6) is 0 Å². The summed E-state index contributed by atoms with van der Waals surface area (Å²) in [6.07, 6.45) is 62.9. The van der Waals surface area contributed by atoms with Gasteiger partial charge in [-0.2, -0.15) is 0 Å². The Morgan fingerprint density at radius 2 is 0.790 bits per heavy atom. The van der Waals surface area contributed by atoms with Crippen LogP contribution in [-0.2, 0) is 14.3 Å². The molecule has 0 radical (unpaired) electrons. The second-order valence-electron chi connectivity index (χ2n) is 18.6. The second kappa shape index (κ2) is 51.7. The Hall–Kier alpha value is -1.92. The molecule has 0 aliphatic heterocycles. The van der Waals surface area contributed by atoms with Gasteiger partial charge in [0.05, 0.1) is 25.4 Å². The second-order valence-corrected chi connectivity index (χ2v) is 18.6. The first kappa shape index (κ1) is 60.1. The summed E-state index contributed by atoms with van der Waals surface area (Å²) in [5.74, 6) is -0.111. The minimum absolute atomic E-state index is 0.0203. The highest BCUT2D eigenvalue weighted by Crippen LogP contribution is 2.16. The van der Waals surface area contributed by atoms with Gasteiger partial charge in [-0.1, -0.05) is 243 Å². The molecule has 0 rings (SSSR count). The molecule has 0 aromatic rings. The molecule has 0 bridgehead atoms. The van der Waals surface area contributed by atoms with Crippen molar-refractivity contribution in [2.24, 2.45) is 0 Å². The van der Waals surface area contributed by atoms with E-state index >= 15 is 0 Å². The van der Waals surface area contributed by atoms with Crippen molar-refractivity contribution in [3.63, 3.8) is 0 Å². The Balaban J connectivity index is 3.54. The zero-order chi connectivity index (χ0) is 45.1. The third-order valence-electron chi connectivity index (χ3n) is 12.4. The van der Waals surface area contributed by atoms with Gasteiger partial charge < -0.3 is 20.3 Å². The van der Waals surface area contributed by atoms with Crippen molar-refractivity contribution in [3.8, 4) is 0 Å². The van der Waals surface area contributed by atoms with E-state index in [4.69, 9.17) is 4.74 Å². The van der Waals surface area contributed by atoms with E-state index in [2.05, 4.69) is 43.5 Å². The van der Waals surface area contributed by atoms with E-state index in [-0.39, 0.29) is 18.5 Å². The van der Waals surface area contributed by atoms with Crippen LogP contribution >= 0.6 is 0 Å². The molecule has 0 aliphatic carbocycles. The topological polar surface area (TPSA) is 95.9 Å². The largest absolute Gasteiger partial charge is 0.466 e. The molecular formula is C56H105NO5. The van der Waals surface area contributed by atoms with Gasteiger partial charge in [-0.3, -0.25) is 9.59 Å². The average Bonchev–Trinajstić information content (AvgIpc) is 3.27. The Morgan fingerprint density at radius 1 is 0.452 bits per heavy atom. The van der Waals surface area contributed by atoms with Gasteiger partial charge in [0.25, 0.3) is 0 Å². The number of ether oxygens (including phenoxy) is 1. The molecule has 364 valence electrons. The zero-order valence-electron chi connectivity index (χ0n) is 41.4. The van der Waals surface area contributed by atoms with Gasteiger partial charge >= 0.3 is 5.97 Å². The lowest BCUT2D eigenvalue weighted by Crippen LogP contribution is -2.45. The number of aliphatic hydroxyl groups excluding tert-OH is 2. The zero-order valence-corrected chi connectivity index (χ0v) is 41.4. The molecule has 0 spiro atoms. The fourth-order valence-corrected chi connectivity index (χ4v) is 8.21. The van der Waals surface area contributed by atoms with Crippen LogP contribution in [0.1, 0.15) is 284 Å². The van der Waals surface area contributed by atoms with E-state index in [0.29, 0.717) is 19.4 Å². The minimum Gasteiger partial charge on any atom is -0.466 e. The SMILES string of the molecule is CCCCCCCCCCCCCCC/C=C/C(O)C(CO)NC(=O)CCCCCCCC/C=C\C=C/CCCCCOC(=O)CCCCCCCCCCCCCCCCC. The van der Waals surface area contributed by atoms with Gasteiger partial charge in [0.2, 0.25) is 5.91 Å². The summed E-state index contributed by atoms with van der Waals surface area (Å²) in [4.78, 5) is 24.5. The smallest absolute Gasteiger partial charge is 0.305 e. The minimum atomic E-state index is -0.858. The predicted octanol–water partition coefficient (Wildman–Crippen LogP) is 16.5. The summed E-state index contributed by atoms with van der Waals surface area (Å²) in [6, 6.07) is -0.644. The highest BCUT2D eigenvalue weighted by atomic mass is 16.5. The molecule has 0 fully saturated rings. The summed E-state index contributed by atoms with van der Waals surface area (Å²) < 4.78 is 5.45. The first-order valence-corrected chi connectivity index (χ1v) is 27.3. The highest BCUT2D eigenvalue weighted by Gasteiger charge is 2.18. The number of hydrogen-bond acceptors (Lipinski definition) is 5. The van der Waals surface area contributed by atoms with Crippen molar-refractivity contribution in [1.82, 2.24) is 5.32 Å². The molecule has 0 aromatic heterocycles. The number of carbonyl (C=O) groups is 2. The van der Waals surface area contributed by atoms with E-state index in [1.807, 2.05) is 6.08 Å². The fourth-order valence-electron chi connectivity index (χ4n) is 8.21. The van der Waals surface area contributed by atoms with Crippen LogP contribution in [0.3, 0.4) is 0 Å². The van der Waals surface area contributed by atoms with E-state index in [1.165, 1.54) is 180 Å². The Bertz CT molecular complexity index is 1010. The average molecular weight is 872 g/mol. The lowest BCUT2D eigenvalue weighted by molar-refractivity contribution is -0.143. The van der Waals surface area contributed by atoms with Crippen LogP contribution < -0.4 is 5.32 Å². The first-order valence-electron chi connectivity index (χ1n) is 27.3. The molecule has 62 heavy (non-hydrogen) atoms. The first-order chi connectivity index (χ1) is 30.5. The molecule has 6 heteroatoms. The molecule has 1 amide bonds. The Labute approximate surface area is 385 Å². The van der Waals surface area contributed by atoms with Gasteiger partial charge in [-0.25, -0.2) is 0 Å². The molecule has 0 heterocycles. The van der Waals surface area contributed by atoms with Crippen LogP contribution in [0.2, 0.25) is 0 Å². The van der Waals surface area contributed by atoms with E-state index in [9.17, 15) is 19.8 Å². The molecule has 2 unspecified atom stereocenters. The number of amides is 1. The Morgan fingerprint density at radius 3 is 1.19 bits per heavy atom. The number of esters is 1. The van der Waals surface area contributed by atoms with Crippen molar-refractivity contribution in [3.05, 3.63) is 36.5 Å². The van der Waals surface area contributed by atoms with E-state index < -0.39 is 12.1 Å². The molecular weight excluding hydrogens is 767 g/mol. The standard InChI is InChI=1S/C56H105NO5/c1-3-5-7-9-11-13-15-17-20-24-28-32-36-40-44-48-54(59)53(52-58)57-55(60)49-45-41-37-33-29-25-22-19-23-27-31-35-39-43-47-51-62-56(61)50-46-42-38-34-30-26-21-18-16-14-12-10-8-6-4-2/h19,23,27,31,44,48,53-54,58-59H,3-18,20-22,24-26,28-30,32-43,45-47,49-52H2,1-2H3,(H,57,60)/b23-19-,31-27-,48-44+. The predicted molar refractivity (Wildman–Crippen MR) is 269 cm³/mol. The van der Waals surface area contributed by atoms with Crippen LogP contribution in [0.25, 0.3) is 0 Å². The maximum Gasteiger partial charge on any atom is 0.305 e. The summed E-state index contributed by atoms with van der Waals surface area (Å²) in [5.41, 5.74) is 0. The Kier molecular flexibility index (Phi) is 50.1.